The third kappa shape index (κ3) is 1.93. The minimum Gasteiger partial charge on any atom is -0.496 e. The molecule has 0 aliphatic heterocycles. The molecule has 0 amide bonds. The Kier molecular flexibility index (Phi) is 3.04. The zero-order valence-electron chi connectivity index (χ0n) is 10.5. The topological polar surface area (TPSA) is 33.0 Å². The molecule has 0 aromatic heterocycles. The average Bonchev–Trinajstić information content (AvgIpc) is 2.45. The van der Waals surface area contributed by atoms with Crippen LogP contribution in [0.5, 0.6) is 5.75 Å². The lowest BCUT2D eigenvalue weighted by Gasteiger charge is -2.25. The van der Waals surface area contributed by atoms with Crippen molar-refractivity contribution >= 4 is 15.9 Å². The number of fused-ring (bicyclic) bond motifs is 3. The lowest BCUT2D eigenvalue weighted by atomic mass is 9.79. The molecule has 0 saturated carbocycles. The quantitative estimate of drug-likeness (QED) is 0.787. The number of rotatable bonds is 1. The molecular weight excluding hydrogens is 302 g/mol. The number of methoxy groups -OCH3 is 1. The van der Waals surface area contributed by atoms with E-state index in [2.05, 4.69) is 34.1 Å². The Morgan fingerprint density at radius 1 is 1.26 bits per heavy atom. The SMILES string of the molecule is COc1cccc2c1C[C@H](C#N)c1ccc(Br)cc1-2. The van der Waals surface area contributed by atoms with Gasteiger partial charge in [0.2, 0.25) is 0 Å². The van der Waals surface area contributed by atoms with E-state index in [0.29, 0.717) is 6.42 Å². The summed E-state index contributed by atoms with van der Waals surface area (Å²) in [6, 6.07) is 14.6. The summed E-state index contributed by atoms with van der Waals surface area (Å²) in [6.45, 7) is 0. The van der Waals surface area contributed by atoms with Gasteiger partial charge in [0.1, 0.15) is 5.75 Å². The maximum Gasteiger partial charge on any atom is 0.122 e. The van der Waals surface area contributed by atoms with E-state index in [-0.39, 0.29) is 5.92 Å². The van der Waals surface area contributed by atoms with Crippen LogP contribution >= 0.6 is 15.9 Å². The van der Waals surface area contributed by atoms with Crippen LogP contribution in [-0.4, -0.2) is 7.11 Å². The Hall–Kier alpha value is -1.79. The van der Waals surface area contributed by atoms with Gasteiger partial charge in [-0.2, -0.15) is 5.26 Å². The lowest BCUT2D eigenvalue weighted by Crippen LogP contribution is -2.11. The molecule has 1 aliphatic carbocycles. The molecule has 2 nitrogen and oxygen atoms in total. The molecule has 1 aliphatic rings. The molecule has 2 aromatic rings. The molecular formula is C16H12BrNO. The monoisotopic (exact) mass is 313 g/mol. The van der Waals surface area contributed by atoms with Crippen LogP contribution in [0.2, 0.25) is 0 Å². The molecule has 0 N–H and O–H groups in total. The highest BCUT2D eigenvalue weighted by Gasteiger charge is 2.26. The highest BCUT2D eigenvalue weighted by molar-refractivity contribution is 9.10. The maximum atomic E-state index is 9.39. The Labute approximate surface area is 120 Å². The van der Waals surface area contributed by atoms with Crippen molar-refractivity contribution < 1.29 is 4.74 Å². The average molecular weight is 314 g/mol. The number of hydrogen-bond acceptors (Lipinski definition) is 2. The number of ether oxygens (including phenoxy) is 1. The number of hydrogen-bond donors (Lipinski definition) is 0. The van der Waals surface area contributed by atoms with Crippen molar-refractivity contribution in [1.29, 1.82) is 5.26 Å². The summed E-state index contributed by atoms with van der Waals surface area (Å²) in [5.74, 6) is 0.760. The lowest BCUT2D eigenvalue weighted by molar-refractivity contribution is 0.409. The Bertz CT molecular complexity index is 688. The minimum atomic E-state index is -0.105. The van der Waals surface area contributed by atoms with Crippen molar-refractivity contribution in [3.8, 4) is 22.9 Å². The van der Waals surface area contributed by atoms with Gasteiger partial charge in [0, 0.05) is 10.0 Å². The first kappa shape index (κ1) is 12.3. The van der Waals surface area contributed by atoms with Gasteiger partial charge in [0.25, 0.3) is 0 Å². The van der Waals surface area contributed by atoms with E-state index in [0.717, 1.165) is 26.9 Å². The molecule has 3 heteroatoms. The summed E-state index contributed by atoms with van der Waals surface area (Å²) in [7, 11) is 1.67. The van der Waals surface area contributed by atoms with E-state index in [1.165, 1.54) is 5.56 Å². The molecule has 0 unspecified atom stereocenters. The highest BCUT2D eigenvalue weighted by atomic mass is 79.9. The zero-order valence-corrected chi connectivity index (χ0v) is 12.1. The van der Waals surface area contributed by atoms with E-state index in [1.54, 1.807) is 7.11 Å². The summed E-state index contributed by atoms with van der Waals surface area (Å²) < 4.78 is 6.46. The fourth-order valence-electron chi connectivity index (χ4n) is 2.71. The van der Waals surface area contributed by atoms with E-state index in [4.69, 9.17) is 4.74 Å². The van der Waals surface area contributed by atoms with Crippen LogP contribution in [0.1, 0.15) is 17.0 Å². The van der Waals surface area contributed by atoms with Crippen LogP contribution in [0, 0.1) is 11.3 Å². The molecule has 0 saturated heterocycles. The molecule has 3 rings (SSSR count). The van der Waals surface area contributed by atoms with Crippen molar-refractivity contribution in [2.45, 2.75) is 12.3 Å². The second-order valence-electron chi connectivity index (χ2n) is 4.60. The molecule has 0 fully saturated rings. The number of halogens is 1. The Balaban J connectivity index is 2.30. The largest absolute Gasteiger partial charge is 0.496 e. The number of nitrogens with zero attached hydrogens (tertiary/aromatic N) is 1. The van der Waals surface area contributed by atoms with Gasteiger partial charge in [0.05, 0.1) is 19.1 Å². The summed E-state index contributed by atoms with van der Waals surface area (Å²) in [5.41, 5.74) is 4.52. The predicted molar refractivity (Wildman–Crippen MR) is 78.2 cm³/mol. The normalized spacial score (nSPS) is 16.2. The third-order valence-electron chi connectivity index (χ3n) is 3.60. The Morgan fingerprint density at radius 2 is 2.11 bits per heavy atom. The second kappa shape index (κ2) is 4.71. The second-order valence-corrected chi connectivity index (χ2v) is 5.52. The van der Waals surface area contributed by atoms with Crippen molar-refractivity contribution in [1.82, 2.24) is 0 Å². The molecule has 0 radical (unpaired) electrons. The van der Waals surface area contributed by atoms with Gasteiger partial charge in [0.15, 0.2) is 0 Å². The van der Waals surface area contributed by atoms with Gasteiger partial charge in [-0.25, -0.2) is 0 Å². The van der Waals surface area contributed by atoms with Crippen LogP contribution in [0.25, 0.3) is 11.1 Å². The standard InChI is InChI=1S/C16H12BrNO/c1-19-16-4-2-3-13-14-8-11(17)5-6-12(14)10(9-18)7-15(13)16/h2-6,8,10H,7H2,1H3/t10-/m1/s1. The summed E-state index contributed by atoms with van der Waals surface area (Å²) in [4.78, 5) is 0. The minimum absolute atomic E-state index is 0.105. The van der Waals surface area contributed by atoms with Crippen LogP contribution in [0.4, 0.5) is 0 Å². The van der Waals surface area contributed by atoms with Gasteiger partial charge in [-0.15, -0.1) is 0 Å². The highest BCUT2D eigenvalue weighted by Crippen LogP contribution is 2.43. The number of nitriles is 1. The van der Waals surface area contributed by atoms with Crippen LogP contribution in [0.3, 0.4) is 0 Å². The predicted octanol–water partition coefficient (Wildman–Crippen LogP) is 4.29. The Morgan fingerprint density at radius 3 is 2.84 bits per heavy atom. The molecule has 2 aromatic carbocycles. The van der Waals surface area contributed by atoms with Crippen molar-refractivity contribution in [2.75, 3.05) is 7.11 Å². The van der Waals surface area contributed by atoms with Gasteiger partial charge in [-0.3, -0.25) is 0 Å². The van der Waals surface area contributed by atoms with Crippen molar-refractivity contribution in [3.63, 3.8) is 0 Å². The van der Waals surface area contributed by atoms with Gasteiger partial charge in [-0.1, -0.05) is 34.1 Å². The van der Waals surface area contributed by atoms with Gasteiger partial charge >= 0.3 is 0 Å². The third-order valence-corrected chi connectivity index (χ3v) is 4.09. The van der Waals surface area contributed by atoms with E-state index >= 15 is 0 Å². The zero-order chi connectivity index (χ0) is 13.4. The number of benzene rings is 2. The van der Waals surface area contributed by atoms with Crippen LogP contribution in [0.15, 0.2) is 40.9 Å². The van der Waals surface area contributed by atoms with Gasteiger partial charge < -0.3 is 4.74 Å². The maximum absolute atomic E-state index is 9.39. The van der Waals surface area contributed by atoms with E-state index in [9.17, 15) is 5.26 Å². The smallest absolute Gasteiger partial charge is 0.122 e. The molecule has 19 heavy (non-hydrogen) atoms. The first-order chi connectivity index (χ1) is 9.24. The molecule has 0 heterocycles. The molecule has 0 spiro atoms. The summed E-state index contributed by atoms with van der Waals surface area (Å²) >= 11 is 3.51. The molecule has 0 bridgehead atoms. The van der Waals surface area contributed by atoms with E-state index in [1.807, 2.05) is 24.3 Å². The molecule has 1 atom stereocenters. The fraction of sp³-hybridized carbons (Fsp3) is 0.188. The van der Waals surface area contributed by atoms with E-state index < -0.39 is 0 Å². The molecule has 94 valence electrons. The van der Waals surface area contributed by atoms with Gasteiger partial charge in [-0.05, 0) is 41.3 Å². The van der Waals surface area contributed by atoms with Crippen molar-refractivity contribution in [3.05, 3.63) is 52.0 Å². The van der Waals surface area contributed by atoms with Crippen LogP contribution in [-0.2, 0) is 6.42 Å². The first-order valence-electron chi connectivity index (χ1n) is 6.10. The first-order valence-corrected chi connectivity index (χ1v) is 6.89. The summed E-state index contributed by atoms with van der Waals surface area (Å²) in [5, 5.41) is 9.39. The van der Waals surface area contributed by atoms with Crippen LogP contribution < -0.4 is 4.74 Å². The fourth-order valence-corrected chi connectivity index (χ4v) is 3.08. The summed E-state index contributed by atoms with van der Waals surface area (Å²) in [6.07, 6.45) is 0.713. The van der Waals surface area contributed by atoms with Crippen molar-refractivity contribution in [2.24, 2.45) is 0 Å².